The number of amides is 1. The molecule has 1 N–H and O–H groups in total. The van der Waals surface area contributed by atoms with Crippen molar-refractivity contribution in [2.24, 2.45) is 0 Å². The van der Waals surface area contributed by atoms with Crippen LogP contribution in [0.2, 0.25) is 0 Å². The highest BCUT2D eigenvalue weighted by atomic mass is 79.9. The molecule has 5 nitrogen and oxygen atoms in total. The van der Waals surface area contributed by atoms with Gasteiger partial charge in [0.2, 0.25) is 0 Å². The zero-order valence-corrected chi connectivity index (χ0v) is 16.8. The predicted octanol–water partition coefficient (Wildman–Crippen LogP) is 4.60. The van der Waals surface area contributed by atoms with Crippen molar-refractivity contribution in [2.75, 3.05) is 7.11 Å². The van der Waals surface area contributed by atoms with Crippen molar-refractivity contribution >= 4 is 27.5 Å². The lowest BCUT2D eigenvalue weighted by Gasteiger charge is -2.25. The zero-order chi connectivity index (χ0) is 19.5. The Morgan fingerprint density at radius 3 is 2.57 bits per heavy atom. The fourth-order valence-corrected chi connectivity index (χ4v) is 3.40. The molecule has 0 bridgehead atoms. The highest BCUT2D eigenvalue weighted by Crippen LogP contribution is 2.33. The summed E-state index contributed by atoms with van der Waals surface area (Å²) in [6.07, 6.45) is 5.29. The highest BCUT2D eigenvalue weighted by molar-refractivity contribution is 9.10. The molecule has 1 aromatic heterocycles. The van der Waals surface area contributed by atoms with Crippen molar-refractivity contribution in [3.8, 4) is 5.75 Å². The van der Waals surface area contributed by atoms with Crippen LogP contribution in [0.1, 0.15) is 27.5 Å². The maximum atomic E-state index is 13.2. The van der Waals surface area contributed by atoms with E-state index in [1.165, 1.54) is 0 Å². The summed E-state index contributed by atoms with van der Waals surface area (Å²) in [6, 6.07) is 18.9. The van der Waals surface area contributed by atoms with E-state index in [1.54, 1.807) is 36.6 Å². The summed E-state index contributed by atoms with van der Waals surface area (Å²) in [7, 11) is 1.64. The second-order valence-electron chi connectivity index (χ2n) is 6.33. The average Bonchev–Trinajstić information content (AvgIpc) is 3.20. The van der Waals surface area contributed by atoms with Crippen LogP contribution in [-0.2, 0) is 0 Å². The number of hydrogen-bond acceptors (Lipinski definition) is 4. The van der Waals surface area contributed by atoms with E-state index in [9.17, 15) is 4.79 Å². The number of ether oxygens (including phenoxy) is 1. The van der Waals surface area contributed by atoms with Gasteiger partial charge in [0.15, 0.2) is 0 Å². The second-order valence-corrected chi connectivity index (χ2v) is 7.25. The van der Waals surface area contributed by atoms with E-state index in [0.29, 0.717) is 5.56 Å². The molecule has 2 aromatic carbocycles. The molecule has 140 valence electrons. The maximum absolute atomic E-state index is 13.2. The molecule has 0 saturated heterocycles. The van der Waals surface area contributed by atoms with Gasteiger partial charge < -0.3 is 4.74 Å². The van der Waals surface area contributed by atoms with Crippen LogP contribution in [0, 0.1) is 0 Å². The number of hydrogen-bond donors (Lipinski definition) is 1. The molecule has 0 saturated carbocycles. The van der Waals surface area contributed by atoms with E-state index >= 15 is 0 Å². The first-order valence-electron chi connectivity index (χ1n) is 8.77. The van der Waals surface area contributed by atoms with E-state index in [0.717, 1.165) is 27.0 Å². The smallest absolute Gasteiger partial charge is 0.273 e. The molecule has 0 radical (unpaired) electrons. The van der Waals surface area contributed by atoms with Crippen LogP contribution >= 0.6 is 15.9 Å². The van der Waals surface area contributed by atoms with Crippen molar-refractivity contribution in [3.05, 3.63) is 100 Å². The molecule has 0 fully saturated rings. The van der Waals surface area contributed by atoms with Crippen LogP contribution in [0.25, 0.3) is 5.70 Å². The van der Waals surface area contributed by atoms with Gasteiger partial charge in [0, 0.05) is 28.0 Å². The summed E-state index contributed by atoms with van der Waals surface area (Å²) < 4.78 is 6.33. The van der Waals surface area contributed by atoms with Gasteiger partial charge in [-0.2, -0.15) is 0 Å². The third-order valence-corrected chi connectivity index (χ3v) is 5.11. The summed E-state index contributed by atoms with van der Waals surface area (Å²) in [5, 5.41) is 1.65. The minimum Gasteiger partial charge on any atom is -0.497 e. The van der Waals surface area contributed by atoms with Crippen LogP contribution < -0.4 is 10.2 Å². The average molecular weight is 436 g/mol. The first-order valence-corrected chi connectivity index (χ1v) is 9.57. The number of methoxy groups -OCH3 is 1. The van der Waals surface area contributed by atoms with Crippen molar-refractivity contribution in [1.29, 1.82) is 0 Å². The molecule has 1 aliphatic heterocycles. The Kier molecular flexibility index (Phi) is 5.12. The van der Waals surface area contributed by atoms with Gasteiger partial charge in [-0.05, 0) is 48.0 Å². The zero-order valence-electron chi connectivity index (χ0n) is 15.2. The van der Waals surface area contributed by atoms with Crippen LogP contribution in [0.5, 0.6) is 5.75 Å². The lowest BCUT2D eigenvalue weighted by molar-refractivity contribution is 0.0672. The van der Waals surface area contributed by atoms with Gasteiger partial charge in [-0.1, -0.05) is 40.2 Å². The lowest BCUT2D eigenvalue weighted by Crippen LogP contribution is -2.39. The topological polar surface area (TPSA) is 54.5 Å². The number of halogens is 1. The SMILES string of the molecule is COc1cccc(C2=CC(c3ccc(Br)cc3)N(C(=O)c3ccncc3)N2)c1. The number of pyridine rings is 1. The minimum atomic E-state index is -0.241. The van der Waals surface area contributed by atoms with E-state index in [1.807, 2.05) is 48.5 Å². The number of rotatable bonds is 4. The molecule has 28 heavy (non-hydrogen) atoms. The fourth-order valence-electron chi connectivity index (χ4n) is 3.14. The summed E-state index contributed by atoms with van der Waals surface area (Å²) in [5.41, 5.74) is 6.67. The normalized spacial score (nSPS) is 15.7. The Balaban J connectivity index is 1.73. The molecule has 1 atom stereocenters. The predicted molar refractivity (Wildman–Crippen MR) is 111 cm³/mol. The first kappa shape index (κ1) is 18.3. The largest absolute Gasteiger partial charge is 0.497 e. The third-order valence-electron chi connectivity index (χ3n) is 4.58. The first-order chi connectivity index (χ1) is 13.7. The molecular formula is C22H18BrN3O2. The molecular weight excluding hydrogens is 418 g/mol. The molecule has 2 heterocycles. The minimum absolute atomic E-state index is 0.121. The number of aromatic nitrogens is 1. The molecule has 0 aliphatic carbocycles. The van der Waals surface area contributed by atoms with Gasteiger partial charge in [0.1, 0.15) is 5.75 Å². The van der Waals surface area contributed by atoms with Gasteiger partial charge in [-0.25, -0.2) is 5.01 Å². The van der Waals surface area contributed by atoms with Crippen molar-refractivity contribution in [3.63, 3.8) is 0 Å². The van der Waals surface area contributed by atoms with E-state index in [-0.39, 0.29) is 11.9 Å². The Morgan fingerprint density at radius 1 is 1.11 bits per heavy atom. The molecule has 6 heteroatoms. The van der Waals surface area contributed by atoms with Gasteiger partial charge in [0.25, 0.3) is 5.91 Å². The van der Waals surface area contributed by atoms with Gasteiger partial charge in [-0.3, -0.25) is 15.2 Å². The molecule has 1 amide bonds. The van der Waals surface area contributed by atoms with E-state index in [4.69, 9.17) is 4.74 Å². The van der Waals surface area contributed by atoms with Gasteiger partial charge in [0.05, 0.1) is 18.8 Å². The molecule has 1 unspecified atom stereocenters. The van der Waals surface area contributed by atoms with E-state index < -0.39 is 0 Å². The molecule has 1 aliphatic rings. The summed E-state index contributed by atoms with van der Waals surface area (Å²) >= 11 is 3.47. The maximum Gasteiger partial charge on any atom is 0.273 e. The summed E-state index contributed by atoms with van der Waals surface area (Å²) in [5.74, 6) is 0.642. The molecule has 3 aromatic rings. The number of nitrogens with zero attached hydrogens (tertiary/aromatic N) is 2. The fraction of sp³-hybridized carbons (Fsp3) is 0.0909. The lowest BCUT2D eigenvalue weighted by atomic mass is 10.0. The number of carbonyl (C=O) groups excluding carboxylic acids is 1. The van der Waals surface area contributed by atoms with Crippen molar-refractivity contribution in [2.45, 2.75) is 6.04 Å². The van der Waals surface area contributed by atoms with E-state index in [2.05, 4.69) is 32.4 Å². The van der Waals surface area contributed by atoms with Gasteiger partial charge in [-0.15, -0.1) is 0 Å². The third kappa shape index (κ3) is 3.64. The number of benzene rings is 2. The van der Waals surface area contributed by atoms with Crippen LogP contribution in [0.15, 0.2) is 83.6 Å². The Morgan fingerprint density at radius 2 is 1.86 bits per heavy atom. The Hall–Kier alpha value is -3.12. The molecule has 4 rings (SSSR count). The quantitative estimate of drug-likeness (QED) is 0.650. The standard InChI is InChI=1S/C22H18BrN3O2/c1-28-19-4-2-3-17(13-19)20-14-21(15-5-7-18(23)8-6-15)26(25-20)22(27)16-9-11-24-12-10-16/h2-14,21,25H,1H3. The van der Waals surface area contributed by atoms with Crippen molar-refractivity contribution < 1.29 is 9.53 Å². The number of nitrogens with one attached hydrogen (secondary N) is 1. The molecule has 0 spiro atoms. The highest BCUT2D eigenvalue weighted by Gasteiger charge is 2.31. The second kappa shape index (κ2) is 7.86. The van der Waals surface area contributed by atoms with Crippen LogP contribution in [-0.4, -0.2) is 23.0 Å². The van der Waals surface area contributed by atoms with Crippen LogP contribution in [0.3, 0.4) is 0 Å². The Bertz CT molecular complexity index is 1020. The number of carbonyl (C=O) groups is 1. The Labute approximate surface area is 171 Å². The van der Waals surface area contributed by atoms with Crippen LogP contribution in [0.4, 0.5) is 0 Å². The monoisotopic (exact) mass is 435 g/mol. The summed E-state index contributed by atoms with van der Waals surface area (Å²) in [6.45, 7) is 0. The summed E-state index contributed by atoms with van der Waals surface area (Å²) in [4.78, 5) is 17.2. The van der Waals surface area contributed by atoms with Gasteiger partial charge >= 0.3 is 0 Å². The number of hydrazine groups is 1. The van der Waals surface area contributed by atoms with Crippen molar-refractivity contribution in [1.82, 2.24) is 15.4 Å².